The predicted molar refractivity (Wildman–Crippen MR) is 82.4 cm³/mol. The third-order valence-electron chi connectivity index (χ3n) is 2.56. The molecule has 0 spiro atoms. The molecule has 2 rings (SSSR count). The summed E-state index contributed by atoms with van der Waals surface area (Å²) in [6.07, 6.45) is 0. The summed E-state index contributed by atoms with van der Waals surface area (Å²) in [6.45, 7) is 2.62. The highest BCUT2D eigenvalue weighted by Crippen LogP contribution is 2.16. The lowest BCUT2D eigenvalue weighted by molar-refractivity contribution is 0.186. The van der Waals surface area contributed by atoms with Crippen molar-refractivity contribution in [1.29, 1.82) is 0 Å². The Kier molecular flexibility index (Phi) is 5.24. The van der Waals surface area contributed by atoms with E-state index in [0.717, 1.165) is 27.2 Å². The highest BCUT2D eigenvalue weighted by molar-refractivity contribution is 8.14. The molecular formula is C13H16ClN3OS. The molecule has 1 N–H and O–H groups in total. The van der Waals surface area contributed by atoms with E-state index in [4.69, 9.17) is 16.3 Å². The molecule has 0 saturated heterocycles. The molecule has 102 valence electrons. The van der Waals surface area contributed by atoms with E-state index in [1.165, 1.54) is 0 Å². The molecule has 0 aromatic heterocycles. The molecule has 1 aliphatic rings. The van der Waals surface area contributed by atoms with E-state index in [1.807, 2.05) is 31.2 Å². The van der Waals surface area contributed by atoms with Crippen LogP contribution in [0.3, 0.4) is 0 Å². The first-order chi connectivity index (χ1) is 9.19. The minimum atomic E-state index is 0.132. The molecule has 0 aliphatic carbocycles. The molecule has 0 radical (unpaired) electrons. The number of rotatable bonds is 4. The van der Waals surface area contributed by atoms with Crippen LogP contribution in [0.15, 0.2) is 34.4 Å². The van der Waals surface area contributed by atoms with Gasteiger partial charge in [-0.15, -0.1) is 0 Å². The largest absolute Gasteiger partial charge is 0.382 e. The lowest BCUT2D eigenvalue weighted by Crippen LogP contribution is -2.27. The van der Waals surface area contributed by atoms with E-state index < -0.39 is 0 Å². The van der Waals surface area contributed by atoms with Gasteiger partial charge in [0.1, 0.15) is 0 Å². The molecule has 0 unspecified atom stereocenters. The van der Waals surface area contributed by atoms with Crippen LogP contribution in [0.25, 0.3) is 0 Å². The first-order valence-corrected chi connectivity index (χ1v) is 7.33. The van der Waals surface area contributed by atoms with Gasteiger partial charge in [0.15, 0.2) is 5.17 Å². The average Bonchev–Trinajstić information content (AvgIpc) is 2.41. The Balaban J connectivity index is 2.01. The van der Waals surface area contributed by atoms with Crippen molar-refractivity contribution in [3.8, 4) is 0 Å². The Bertz CT molecular complexity index is 487. The third kappa shape index (κ3) is 4.23. The van der Waals surface area contributed by atoms with Gasteiger partial charge in [-0.3, -0.25) is 10.4 Å². The maximum Gasteiger partial charge on any atom is 0.177 e. The molecule has 0 fully saturated rings. The molecule has 1 aromatic rings. The van der Waals surface area contributed by atoms with Crippen LogP contribution in [0.4, 0.5) is 0 Å². The fourth-order valence-electron chi connectivity index (χ4n) is 1.65. The van der Waals surface area contributed by atoms with Crippen molar-refractivity contribution in [2.45, 2.75) is 13.0 Å². The number of thioether (sulfide) groups is 1. The molecule has 19 heavy (non-hydrogen) atoms. The van der Waals surface area contributed by atoms with Crippen LogP contribution in [0, 0.1) is 0 Å². The number of hydrogen-bond acceptors (Lipinski definition) is 4. The summed E-state index contributed by atoms with van der Waals surface area (Å²) in [7, 11) is 1.68. The lowest BCUT2D eigenvalue weighted by Gasteiger charge is -2.16. The molecule has 1 aromatic carbocycles. The minimum Gasteiger partial charge on any atom is -0.382 e. The van der Waals surface area contributed by atoms with Crippen molar-refractivity contribution >= 4 is 34.2 Å². The van der Waals surface area contributed by atoms with Crippen LogP contribution < -0.4 is 5.43 Å². The Hall–Kier alpha value is -1.04. The zero-order valence-corrected chi connectivity index (χ0v) is 12.5. The van der Waals surface area contributed by atoms with Crippen LogP contribution >= 0.6 is 23.4 Å². The number of benzene rings is 1. The normalized spacial score (nSPS) is 18.9. The number of halogens is 1. The number of hydrogen-bond donors (Lipinski definition) is 1. The highest BCUT2D eigenvalue weighted by atomic mass is 35.5. The van der Waals surface area contributed by atoms with Crippen molar-refractivity contribution in [3.63, 3.8) is 0 Å². The molecule has 6 heteroatoms. The number of amidine groups is 1. The SMILES string of the molecule is COC[C@H](C)N=C1NN=C(c2ccc(Cl)cc2)CS1. The van der Waals surface area contributed by atoms with E-state index in [-0.39, 0.29) is 6.04 Å². The number of ether oxygens (including phenoxy) is 1. The van der Waals surface area contributed by atoms with E-state index in [1.54, 1.807) is 18.9 Å². The maximum atomic E-state index is 5.87. The Labute approximate surface area is 122 Å². The van der Waals surface area contributed by atoms with Gasteiger partial charge in [0.25, 0.3) is 0 Å². The second-order valence-corrected chi connectivity index (χ2v) is 5.60. The number of nitrogens with one attached hydrogen (secondary N) is 1. The van der Waals surface area contributed by atoms with E-state index >= 15 is 0 Å². The lowest BCUT2D eigenvalue weighted by atomic mass is 10.1. The van der Waals surface area contributed by atoms with Crippen molar-refractivity contribution in [2.24, 2.45) is 10.1 Å². The van der Waals surface area contributed by atoms with Crippen LogP contribution in [0.5, 0.6) is 0 Å². The Morgan fingerprint density at radius 1 is 1.47 bits per heavy atom. The average molecular weight is 298 g/mol. The summed E-state index contributed by atoms with van der Waals surface area (Å²) in [5, 5.41) is 5.92. The molecule has 0 amide bonds. The summed E-state index contributed by atoms with van der Waals surface area (Å²) < 4.78 is 5.05. The molecule has 0 saturated carbocycles. The van der Waals surface area contributed by atoms with E-state index in [0.29, 0.717) is 6.61 Å². The van der Waals surface area contributed by atoms with E-state index in [9.17, 15) is 0 Å². The first-order valence-electron chi connectivity index (χ1n) is 5.97. The van der Waals surface area contributed by atoms with Crippen LogP contribution in [0.2, 0.25) is 5.02 Å². The molecule has 0 bridgehead atoms. The number of hydrazone groups is 1. The van der Waals surface area contributed by atoms with Crippen LogP contribution in [-0.4, -0.2) is 36.4 Å². The highest BCUT2D eigenvalue weighted by Gasteiger charge is 2.13. The second kappa shape index (κ2) is 6.93. The summed E-state index contributed by atoms with van der Waals surface area (Å²) >= 11 is 7.51. The molecule has 1 atom stereocenters. The third-order valence-corrected chi connectivity index (χ3v) is 3.69. The Morgan fingerprint density at radius 3 is 2.79 bits per heavy atom. The van der Waals surface area contributed by atoms with Gasteiger partial charge in [-0.25, -0.2) is 0 Å². The number of nitrogens with zero attached hydrogens (tertiary/aromatic N) is 2. The van der Waals surface area contributed by atoms with Gasteiger partial charge in [0, 0.05) is 17.9 Å². The van der Waals surface area contributed by atoms with Gasteiger partial charge in [-0.05, 0) is 24.6 Å². The summed E-state index contributed by atoms with van der Waals surface area (Å²) in [5.74, 6) is 0.799. The van der Waals surface area contributed by atoms with Gasteiger partial charge in [-0.1, -0.05) is 35.5 Å². The summed E-state index contributed by atoms with van der Waals surface area (Å²) in [4.78, 5) is 4.48. The second-order valence-electron chi connectivity index (χ2n) is 4.20. The van der Waals surface area contributed by atoms with E-state index in [2.05, 4.69) is 15.5 Å². The molecular weight excluding hydrogens is 282 g/mol. The molecule has 4 nitrogen and oxygen atoms in total. The fraction of sp³-hybridized carbons (Fsp3) is 0.385. The molecule has 1 aliphatic heterocycles. The van der Waals surface area contributed by atoms with Gasteiger partial charge in [0.2, 0.25) is 0 Å². The first kappa shape index (κ1) is 14.4. The van der Waals surface area contributed by atoms with Gasteiger partial charge >= 0.3 is 0 Å². The van der Waals surface area contributed by atoms with Crippen molar-refractivity contribution in [3.05, 3.63) is 34.9 Å². The molecule has 1 heterocycles. The van der Waals surface area contributed by atoms with Crippen LogP contribution in [-0.2, 0) is 4.74 Å². The number of aliphatic imine (C=N–C) groups is 1. The number of methoxy groups -OCH3 is 1. The van der Waals surface area contributed by atoms with Crippen LogP contribution in [0.1, 0.15) is 12.5 Å². The van der Waals surface area contributed by atoms with Crippen molar-refractivity contribution in [2.75, 3.05) is 19.5 Å². The maximum absolute atomic E-state index is 5.87. The Morgan fingerprint density at radius 2 is 2.21 bits per heavy atom. The predicted octanol–water partition coefficient (Wildman–Crippen LogP) is 2.77. The quantitative estimate of drug-likeness (QED) is 0.929. The van der Waals surface area contributed by atoms with Crippen molar-refractivity contribution < 1.29 is 4.74 Å². The van der Waals surface area contributed by atoms with Gasteiger partial charge < -0.3 is 4.74 Å². The zero-order valence-electron chi connectivity index (χ0n) is 10.9. The minimum absolute atomic E-state index is 0.132. The van der Waals surface area contributed by atoms with Crippen molar-refractivity contribution in [1.82, 2.24) is 5.43 Å². The van der Waals surface area contributed by atoms with Gasteiger partial charge in [0.05, 0.1) is 18.4 Å². The summed E-state index contributed by atoms with van der Waals surface area (Å²) in [5.41, 5.74) is 5.06. The monoisotopic (exact) mass is 297 g/mol. The smallest absolute Gasteiger partial charge is 0.177 e. The topological polar surface area (TPSA) is 46.0 Å². The fourth-order valence-corrected chi connectivity index (χ4v) is 2.65. The summed E-state index contributed by atoms with van der Waals surface area (Å²) in [6, 6.07) is 7.81. The zero-order chi connectivity index (χ0) is 13.7. The standard InChI is InChI=1S/C13H16ClN3OS/c1-9(7-18-2)15-13-17-16-12(8-19-13)10-3-5-11(14)6-4-10/h3-6,9H,7-8H2,1-2H3,(H,15,17)/t9-/m0/s1. The van der Waals surface area contributed by atoms with Gasteiger partial charge in [-0.2, -0.15) is 5.10 Å².